The highest BCUT2D eigenvalue weighted by Gasteiger charge is 2.18. The second-order valence-corrected chi connectivity index (χ2v) is 3.34. The third-order valence-electron chi connectivity index (χ3n) is 2.15. The van der Waals surface area contributed by atoms with E-state index in [4.69, 9.17) is 4.74 Å². The summed E-state index contributed by atoms with van der Waals surface area (Å²) in [6.07, 6.45) is 0. The number of ether oxygens (including phenoxy) is 1. The normalized spacial score (nSPS) is 10.1. The molecular weight excluding hydrogens is 242 g/mol. The molecule has 0 aromatic heterocycles. The Bertz CT molecular complexity index is 449. The number of nitrogens with one attached hydrogen (secondary N) is 1. The average Bonchev–Trinajstić information content (AvgIpc) is 2.34. The van der Waals surface area contributed by atoms with Crippen LogP contribution in [-0.4, -0.2) is 29.6 Å². The molecule has 1 aromatic carbocycles. The molecule has 0 amide bonds. The van der Waals surface area contributed by atoms with Crippen molar-refractivity contribution in [1.82, 2.24) is 0 Å². The summed E-state index contributed by atoms with van der Waals surface area (Å²) in [4.78, 5) is 20.0. The Morgan fingerprint density at radius 2 is 2.00 bits per heavy atom. The number of non-ortho nitro benzene ring substituents is 1. The Hall–Kier alpha value is -2.22. The number of nitrogens with zero attached hydrogens (tertiary/aromatic N) is 2. The number of rotatable bonds is 7. The summed E-state index contributed by atoms with van der Waals surface area (Å²) in [7, 11) is 0. The van der Waals surface area contributed by atoms with Gasteiger partial charge in [-0.05, 0) is 13.0 Å². The van der Waals surface area contributed by atoms with Crippen LogP contribution in [0, 0.1) is 20.2 Å². The number of nitro groups is 2. The minimum absolute atomic E-state index is 0.241. The maximum absolute atomic E-state index is 10.8. The molecule has 1 aromatic rings. The molecule has 0 aliphatic rings. The highest BCUT2D eigenvalue weighted by Crippen LogP contribution is 2.28. The van der Waals surface area contributed by atoms with Gasteiger partial charge in [-0.15, -0.1) is 0 Å². The molecule has 0 bridgehead atoms. The summed E-state index contributed by atoms with van der Waals surface area (Å²) >= 11 is 0. The molecular formula is C10H13N3O5. The van der Waals surface area contributed by atoms with Crippen LogP contribution in [0.5, 0.6) is 0 Å². The molecule has 0 heterocycles. The van der Waals surface area contributed by atoms with Gasteiger partial charge in [0.1, 0.15) is 5.69 Å². The van der Waals surface area contributed by atoms with Gasteiger partial charge in [0, 0.05) is 19.2 Å². The average molecular weight is 255 g/mol. The quantitative estimate of drug-likeness (QED) is 0.453. The first-order valence-electron chi connectivity index (χ1n) is 5.30. The van der Waals surface area contributed by atoms with Gasteiger partial charge in [-0.25, -0.2) is 0 Å². The van der Waals surface area contributed by atoms with Crippen LogP contribution in [0.25, 0.3) is 0 Å². The molecule has 0 aliphatic carbocycles. The van der Waals surface area contributed by atoms with E-state index in [1.165, 1.54) is 12.1 Å². The van der Waals surface area contributed by atoms with Crippen LogP contribution in [0.1, 0.15) is 6.92 Å². The zero-order valence-electron chi connectivity index (χ0n) is 9.79. The van der Waals surface area contributed by atoms with Gasteiger partial charge in [0.2, 0.25) is 0 Å². The fraction of sp³-hybridized carbons (Fsp3) is 0.400. The Kier molecular flexibility index (Phi) is 5.00. The Balaban J connectivity index is 2.83. The lowest BCUT2D eigenvalue weighted by atomic mass is 10.2. The van der Waals surface area contributed by atoms with Gasteiger partial charge >= 0.3 is 0 Å². The van der Waals surface area contributed by atoms with E-state index in [-0.39, 0.29) is 17.1 Å². The van der Waals surface area contributed by atoms with E-state index in [2.05, 4.69) is 5.32 Å². The van der Waals surface area contributed by atoms with Crippen molar-refractivity contribution in [2.24, 2.45) is 0 Å². The number of hydrogen-bond acceptors (Lipinski definition) is 6. The van der Waals surface area contributed by atoms with Gasteiger partial charge < -0.3 is 10.1 Å². The van der Waals surface area contributed by atoms with Crippen LogP contribution < -0.4 is 5.32 Å². The lowest BCUT2D eigenvalue weighted by Gasteiger charge is -2.06. The molecule has 0 saturated carbocycles. The van der Waals surface area contributed by atoms with Crippen molar-refractivity contribution in [1.29, 1.82) is 0 Å². The van der Waals surface area contributed by atoms with Crippen molar-refractivity contribution in [3.05, 3.63) is 38.4 Å². The van der Waals surface area contributed by atoms with Crippen LogP contribution in [0.3, 0.4) is 0 Å². The number of benzene rings is 1. The first kappa shape index (κ1) is 13.8. The maximum Gasteiger partial charge on any atom is 0.299 e. The van der Waals surface area contributed by atoms with E-state index < -0.39 is 9.85 Å². The van der Waals surface area contributed by atoms with E-state index >= 15 is 0 Å². The van der Waals surface area contributed by atoms with Gasteiger partial charge in [-0.1, -0.05) is 0 Å². The Morgan fingerprint density at radius 1 is 1.28 bits per heavy atom. The lowest BCUT2D eigenvalue weighted by Crippen LogP contribution is -2.10. The second-order valence-electron chi connectivity index (χ2n) is 3.34. The third kappa shape index (κ3) is 3.67. The highest BCUT2D eigenvalue weighted by atomic mass is 16.6. The number of anilines is 1. The first-order chi connectivity index (χ1) is 8.56. The fourth-order valence-corrected chi connectivity index (χ4v) is 1.34. The number of hydrogen-bond donors (Lipinski definition) is 1. The van der Waals surface area contributed by atoms with Gasteiger partial charge in [0.25, 0.3) is 11.4 Å². The smallest absolute Gasteiger partial charge is 0.299 e. The lowest BCUT2D eigenvalue weighted by molar-refractivity contribution is -0.393. The minimum Gasteiger partial charge on any atom is -0.380 e. The molecule has 0 spiro atoms. The van der Waals surface area contributed by atoms with Crippen LogP contribution in [0.2, 0.25) is 0 Å². The third-order valence-corrected chi connectivity index (χ3v) is 2.15. The predicted octanol–water partition coefficient (Wildman–Crippen LogP) is 1.95. The SMILES string of the molecule is CCOCCNc1ccc([N+](=O)[O-])cc1[N+](=O)[O-]. The van der Waals surface area contributed by atoms with Crippen molar-refractivity contribution < 1.29 is 14.6 Å². The largest absolute Gasteiger partial charge is 0.380 e. The molecule has 0 fully saturated rings. The zero-order valence-corrected chi connectivity index (χ0v) is 9.79. The summed E-state index contributed by atoms with van der Waals surface area (Å²) in [5.74, 6) is 0. The summed E-state index contributed by atoms with van der Waals surface area (Å²) < 4.78 is 5.08. The molecule has 18 heavy (non-hydrogen) atoms. The molecule has 0 atom stereocenters. The van der Waals surface area contributed by atoms with Crippen LogP contribution in [0.15, 0.2) is 18.2 Å². The molecule has 8 heteroatoms. The van der Waals surface area contributed by atoms with Crippen molar-refractivity contribution >= 4 is 17.1 Å². The van der Waals surface area contributed by atoms with Crippen LogP contribution in [0.4, 0.5) is 17.1 Å². The first-order valence-corrected chi connectivity index (χ1v) is 5.30. The van der Waals surface area contributed by atoms with Crippen molar-refractivity contribution in [2.45, 2.75) is 6.92 Å². The van der Waals surface area contributed by atoms with Crippen LogP contribution in [-0.2, 0) is 4.74 Å². The molecule has 8 nitrogen and oxygen atoms in total. The Morgan fingerprint density at radius 3 is 2.56 bits per heavy atom. The van der Waals surface area contributed by atoms with Gasteiger partial charge in [0.15, 0.2) is 0 Å². The van der Waals surface area contributed by atoms with Crippen LogP contribution >= 0.6 is 0 Å². The van der Waals surface area contributed by atoms with E-state index in [1.54, 1.807) is 0 Å². The molecule has 0 radical (unpaired) electrons. The highest BCUT2D eigenvalue weighted by molar-refractivity contribution is 5.65. The summed E-state index contributed by atoms with van der Waals surface area (Å²) in [6.45, 7) is 3.20. The van der Waals surface area contributed by atoms with Crippen molar-refractivity contribution in [2.75, 3.05) is 25.1 Å². The van der Waals surface area contributed by atoms with Gasteiger partial charge in [-0.3, -0.25) is 20.2 Å². The molecule has 0 aliphatic heterocycles. The molecule has 1 N–H and O–H groups in total. The van der Waals surface area contributed by atoms with E-state index in [1.807, 2.05) is 6.92 Å². The maximum atomic E-state index is 10.8. The molecule has 0 saturated heterocycles. The molecule has 1 rings (SSSR count). The molecule has 98 valence electrons. The van der Waals surface area contributed by atoms with Gasteiger partial charge in [-0.2, -0.15) is 0 Å². The van der Waals surface area contributed by atoms with E-state index in [9.17, 15) is 20.2 Å². The summed E-state index contributed by atoms with van der Waals surface area (Å²) in [5.41, 5.74) is -0.386. The number of nitro benzene ring substituents is 2. The van der Waals surface area contributed by atoms with Gasteiger partial charge in [0.05, 0.1) is 22.5 Å². The zero-order chi connectivity index (χ0) is 13.5. The standard InChI is InChI=1S/C10H13N3O5/c1-2-18-6-5-11-9-4-3-8(12(14)15)7-10(9)13(16)17/h3-4,7,11H,2,5-6H2,1H3. The second kappa shape index (κ2) is 6.50. The van der Waals surface area contributed by atoms with E-state index in [0.29, 0.717) is 19.8 Å². The summed E-state index contributed by atoms with van der Waals surface area (Å²) in [5, 5.41) is 24.1. The minimum atomic E-state index is -0.670. The predicted molar refractivity (Wildman–Crippen MR) is 64.7 cm³/mol. The van der Waals surface area contributed by atoms with Crippen molar-refractivity contribution in [3.63, 3.8) is 0 Å². The van der Waals surface area contributed by atoms with E-state index in [0.717, 1.165) is 6.07 Å². The molecule has 0 unspecified atom stereocenters. The fourth-order valence-electron chi connectivity index (χ4n) is 1.34. The topological polar surface area (TPSA) is 108 Å². The Labute approximate surface area is 103 Å². The summed E-state index contributed by atoms with van der Waals surface area (Å²) in [6, 6.07) is 3.47. The monoisotopic (exact) mass is 255 g/mol. The van der Waals surface area contributed by atoms with Crippen molar-refractivity contribution in [3.8, 4) is 0 Å².